The van der Waals surface area contributed by atoms with Crippen molar-refractivity contribution in [2.45, 2.75) is 26.2 Å². The van der Waals surface area contributed by atoms with Crippen LogP contribution in [0.15, 0.2) is 59.7 Å². The highest BCUT2D eigenvalue weighted by atomic mass is 127. The highest BCUT2D eigenvalue weighted by molar-refractivity contribution is 14.0. The minimum atomic E-state index is 0. The summed E-state index contributed by atoms with van der Waals surface area (Å²) in [5.41, 5.74) is 2.47. The second-order valence-corrected chi connectivity index (χ2v) is 5.35. The molecule has 0 fully saturated rings. The van der Waals surface area contributed by atoms with Crippen LogP contribution in [-0.4, -0.2) is 30.6 Å². The first-order valence-electron chi connectivity index (χ1n) is 8.34. The molecule has 0 saturated carbocycles. The van der Waals surface area contributed by atoms with Crippen LogP contribution in [0.5, 0.6) is 0 Å². The quantitative estimate of drug-likeness (QED) is 0.288. The van der Waals surface area contributed by atoms with E-state index in [4.69, 9.17) is 0 Å². The number of aromatic nitrogens is 1. The molecule has 0 bridgehead atoms. The summed E-state index contributed by atoms with van der Waals surface area (Å²) in [5.74, 6) is 0.886. The average molecular weight is 438 g/mol. The molecule has 0 unspecified atom stereocenters. The fourth-order valence-electron chi connectivity index (χ4n) is 2.32. The number of pyridine rings is 1. The van der Waals surface area contributed by atoms with Gasteiger partial charge in [-0.3, -0.25) is 9.98 Å². The Hall–Kier alpha value is -1.63. The molecule has 130 valence electrons. The standard InChI is InChI=1S/C19H26N4.HI/c1-2-20-19(23-16-13-18-12-6-7-14-21-18)22-15-8-11-17-9-4-3-5-10-17;/h3-7,9-10,12,14H,2,8,11,13,15-16H2,1H3,(H2,20,22,23);1H. The minimum Gasteiger partial charge on any atom is -0.357 e. The van der Waals surface area contributed by atoms with Crippen molar-refractivity contribution in [1.29, 1.82) is 0 Å². The molecule has 1 heterocycles. The lowest BCUT2D eigenvalue weighted by Gasteiger charge is -2.11. The Morgan fingerprint density at radius 3 is 2.50 bits per heavy atom. The Labute approximate surface area is 162 Å². The van der Waals surface area contributed by atoms with E-state index in [1.54, 1.807) is 0 Å². The zero-order valence-electron chi connectivity index (χ0n) is 14.2. The van der Waals surface area contributed by atoms with Gasteiger partial charge in [0.05, 0.1) is 0 Å². The van der Waals surface area contributed by atoms with Crippen molar-refractivity contribution in [2.24, 2.45) is 4.99 Å². The van der Waals surface area contributed by atoms with Crippen molar-refractivity contribution in [3.05, 3.63) is 66.0 Å². The van der Waals surface area contributed by atoms with E-state index < -0.39 is 0 Å². The van der Waals surface area contributed by atoms with Crippen molar-refractivity contribution < 1.29 is 0 Å². The third-order valence-electron chi connectivity index (χ3n) is 3.48. The molecule has 5 heteroatoms. The maximum absolute atomic E-state index is 4.63. The average Bonchev–Trinajstić information content (AvgIpc) is 2.60. The summed E-state index contributed by atoms with van der Waals surface area (Å²) in [6.07, 6.45) is 4.85. The molecule has 0 aliphatic rings. The van der Waals surface area contributed by atoms with E-state index in [-0.39, 0.29) is 24.0 Å². The summed E-state index contributed by atoms with van der Waals surface area (Å²) in [4.78, 5) is 8.96. The molecule has 2 N–H and O–H groups in total. The van der Waals surface area contributed by atoms with Crippen LogP contribution >= 0.6 is 24.0 Å². The fourth-order valence-corrected chi connectivity index (χ4v) is 2.32. The number of aryl methyl sites for hydroxylation is 1. The Balaban J connectivity index is 0.00000288. The predicted molar refractivity (Wildman–Crippen MR) is 112 cm³/mol. The third-order valence-corrected chi connectivity index (χ3v) is 3.48. The van der Waals surface area contributed by atoms with Gasteiger partial charge < -0.3 is 10.6 Å². The predicted octanol–water partition coefficient (Wildman–Crippen LogP) is 3.43. The molecule has 0 radical (unpaired) electrons. The number of nitrogens with zero attached hydrogens (tertiary/aromatic N) is 2. The van der Waals surface area contributed by atoms with Gasteiger partial charge in [-0.25, -0.2) is 0 Å². The lowest BCUT2D eigenvalue weighted by Crippen LogP contribution is -2.38. The fraction of sp³-hybridized carbons (Fsp3) is 0.368. The summed E-state index contributed by atoms with van der Waals surface area (Å²) in [6, 6.07) is 16.6. The van der Waals surface area contributed by atoms with Gasteiger partial charge in [0.25, 0.3) is 0 Å². The highest BCUT2D eigenvalue weighted by Gasteiger charge is 1.98. The molecular weight excluding hydrogens is 411 g/mol. The first-order valence-corrected chi connectivity index (χ1v) is 8.34. The van der Waals surface area contributed by atoms with Crippen LogP contribution in [-0.2, 0) is 12.8 Å². The summed E-state index contributed by atoms with van der Waals surface area (Å²) < 4.78 is 0. The van der Waals surface area contributed by atoms with E-state index in [1.807, 2.05) is 24.4 Å². The topological polar surface area (TPSA) is 49.3 Å². The van der Waals surface area contributed by atoms with E-state index in [0.29, 0.717) is 0 Å². The number of aliphatic imine (C=N–C) groups is 1. The SMILES string of the molecule is CCNC(=NCCCc1ccccc1)NCCc1ccccn1.I. The lowest BCUT2D eigenvalue weighted by atomic mass is 10.1. The smallest absolute Gasteiger partial charge is 0.191 e. The van der Waals surface area contributed by atoms with Crippen LogP contribution in [0, 0.1) is 0 Å². The molecule has 0 saturated heterocycles. The Kier molecular flexibility index (Phi) is 10.8. The van der Waals surface area contributed by atoms with Crippen LogP contribution in [0.1, 0.15) is 24.6 Å². The summed E-state index contributed by atoms with van der Waals surface area (Å²) >= 11 is 0. The van der Waals surface area contributed by atoms with Crippen molar-refractivity contribution in [2.75, 3.05) is 19.6 Å². The maximum Gasteiger partial charge on any atom is 0.191 e. The zero-order chi connectivity index (χ0) is 16.2. The number of hydrogen-bond donors (Lipinski definition) is 2. The molecule has 1 aromatic carbocycles. The Bertz CT molecular complexity index is 572. The van der Waals surface area contributed by atoms with E-state index in [0.717, 1.165) is 50.6 Å². The number of hydrogen-bond acceptors (Lipinski definition) is 2. The molecule has 0 atom stereocenters. The number of benzene rings is 1. The monoisotopic (exact) mass is 438 g/mol. The molecule has 2 aromatic rings. The normalized spacial score (nSPS) is 10.8. The lowest BCUT2D eigenvalue weighted by molar-refractivity contribution is 0.770. The van der Waals surface area contributed by atoms with Gasteiger partial charge in [-0.2, -0.15) is 0 Å². The van der Waals surface area contributed by atoms with Crippen LogP contribution in [0.3, 0.4) is 0 Å². The molecule has 0 aliphatic heterocycles. The molecule has 1 aromatic heterocycles. The Morgan fingerprint density at radius 2 is 1.79 bits per heavy atom. The number of nitrogens with one attached hydrogen (secondary N) is 2. The van der Waals surface area contributed by atoms with Gasteiger partial charge in [-0.15, -0.1) is 24.0 Å². The molecule has 24 heavy (non-hydrogen) atoms. The van der Waals surface area contributed by atoms with Gasteiger partial charge in [0, 0.05) is 37.9 Å². The van der Waals surface area contributed by atoms with Crippen LogP contribution in [0.25, 0.3) is 0 Å². The highest BCUT2D eigenvalue weighted by Crippen LogP contribution is 2.02. The van der Waals surface area contributed by atoms with Gasteiger partial charge in [0.15, 0.2) is 5.96 Å². The molecular formula is C19H27IN4. The molecule has 0 spiro atoms. The van der Waals surface area contributed by atoms with Crippen molar-refractivity contribution in [3.8, 4) is 0 Å². The van der Waals surface area contributed by atoms with Crippen LogP contribution in [0.2, 0.25) is 0 Å². The number of rotatable bonds is 8. The van der Waals surface area contributed by atoms with Gasteiger partial charge in [-0.05, 0) is 37.5 Å². The van der Waals surface area contributed by atoms with Crippen LogP contribution in [0.4, 0.5) is 0 Å². The third kappa shape index (κ3) is 8.29. The van der Waals surface area contributed by atoms with Gasteiger partial charge in [0.1, 0.15) is 0 Å². The molecule has 4 nitrogen and oxygen atoms in total. The molecule has 0 aliphatic carbocycles. The van der Waals surface area contributed by atoms with Crippen molar-refractivity contribution >= 4 is 29.9 Å². The second-order valence-electron chi connectivity index (χ2n) is 5.35. The van der Waals surface area contributed by atoms with E-state index in [9.17, 15) is 0 Å². The summed E-state index contributed by atoms with van der Waals surface area (Å²) in [5, 5.41) is 6.65. The Morgan fingerprint density at radius 1 is 1.00 bits per heavy atom. The summed E-state index contributed by atoms with van der Waals surface area (Å²) in [7, 11) is 0. The minimum absolute atomic E-state index is 0. The second kappa shape index (κ2) is 12.8. The van der Waals surface area contributed by atoms with Crippen LogP contribution < -0.4 is 10.6 Å². The maximum atomic E-state index is 4.63. The van der Waals surface area contributed by atoms with Crippen molar-refractivity contribution in [3.63, 3.8) is 0 Å². The van der Waals surface area contributed by atoms with Crippen molar-refractivity contribution in [1.82, 2.24) is 15.6 Å². The number of guanidine groups is 1. The number of halogens is 1. The van der Waals surface area contributed by atoms with Gasteiger partial charge in [0.2, 0.25) is 0 Å². The van der Waals surface area contributed by atoms with E-state index in [2.05, 4.69) is 57.9 Å². The first-order chi connectivity index (χ1) is 11.4. The van der Waals surface area contributed by atoms with E-state index in [1.165, 1.54) is 5.56 Å². The summed E-state index contributed by atoms with van der Waals surface area (Å²) in [6.45, 7) is 4.61. The molecule has 2 rings (SSSR count). The largest absolute Gasteiger partial charge is 0.357 e. The zero-order valence-corrected chi connectivity index (χ0v) is 16.6. The molecule has 0 amide bonds. The first kappa shape index (κ1) is 20.4. The van der Waals surface area contributed by atoms with Gasteiger partial charge in [-0.1, -0.05) is 36.4 Å². The van der Waals surface area contributed by atoms with E-state index >= 15 is 0 Å². The van der Waals surface area contributed by atoms with Gasteiger partial charge >= 0.3 is 0 Å².